The standard InChI is InChI=1S/C22H19N3O3/c1-25-19-7-3-2-5-14(19)11-17(21(25)26)16-9-8-13(12-18(23)22(27)28)15-6-4-10-24-20(15)16/h2-11,18H,12,23H2,1H3,(H,27,28). The molecule has 4 rings (SSSR count). The molecule has 0 saturated heterocycles. The third-order valence-corrected chi connectivity index (χ3v) is 5.04. The number of nitrogens with zero attached hydrogens (tertiary/aromatic N) is 2. The third kappa shape index (κ3) is 2.93. The van der Waals surface area contributed by atoms with Crippen molar-refractivity contribution in [3.8, 4) is 11.1 Å². The summed E-state index contributed by atoms with van der Waals surface area (Å²) in [4.78, 5) is 28.7. The van der Waals surface area contributed by atoms with Crippen LogP contribution in [0, 0.1) is 0 Å². The molecule has 0 bridgehead atoms. The minimum atomic E-state index is -1.05. The van der Waals surface area contributed by atoms with Gasteiger partial charge in [0.2, 0.25) is 0 Å². The van der Waals surface area contributed by atoms with Gasteiger partial charge < -0.3 is 15.4 Å². The zero-order valence-electron chi connectivity index (χ0n) is 15.3. The number of rotatable bonds is 4. The van der Waals surface area contributed by atoms with Crippen LogP contribution in [-0.4, -0.2) is 26.7 Å². The van der Waals surface area contributed by atoms with Crippen LogP contribution in [0.2, 0.25) is 0 Å². The van der Waals surface area contributed by atoms with Crippen molar-refractivity contribution < 1.29 is 9.90 Å². The molecule has 1 unspecified atom stereocenters. The lowest BCUT2D eigenvalue weighted by Gasteiger charge is -2.14. The molecule has 0 aliphatic heterocycles. The Bertz CT molecular complexity index is 1280. The van der Waals surface area contributed by atoms with Crippen molar-refractivity contribution in [2.24, 2.45) is 12.8 Å². The molecule has 1 atom stereocenters. The van der Waals surface area contributed by atoms with Gasteiger partial charge in [-0.1, -0.05) is 36.4 Å². The maximum absolute atomic E-state index is 13.0. The van der Waals surface area contributed by atoms with Crippen molar-refractivity contribution in [1.82, 2.24) is 9.55 Å². The highest BCUT2D eigenvalue weighted by molar-refractivity contribution is 5.97. The molecule has 2 aromatic carbocycles. The van der Waals surface area contributed by atoms with Gasteiger partial charge in [0.25, 0.3) is 5.56 Å². The highest BCUT2D eigenvalue weighted by Crippen LogP contribution is 2.29. The van der Waals surface area contributed by atoms with Gasteiger partial charge in [0.1, 0.15) is 6.04 Å². The van der Waals surface area contributed by atoms with E-state index in [1.54, 1.807) is 23.9 Å². The number of hydrogen-bond acceptors (Lipinski definition) is 4. The second kappa shape index (κ2) is 6.90. The summed E-state index contributed by atoms with van der Waals surface area (Å²) in [6, 6.07) is 15.9. The smallest absolute Gasteiger partial charge is 0.320 e. The van der Waals surface area contributed by atoms with Crippen LogP contribution in [-0.2, 0) is 18.3 Å². The minimum Gasteiger partial charge on any atom is -0.480 e. The fourth-order valence-corrected chi connectivity index (χ4v) is 3.57. The van der Waals surface area contributed by atoms with Gasteiger partial charge in [0, 0.05) is 29.8 Å². The molecule has 28 heavy (non-hydrogen) atoms. The Balaban J connectivity index is 1.96. The zero-order valence-corrected chi connectivity index (χ0v) is 15.3. The van der Waals surface area contributed by atoms with E-state index in [1.807, 2.05) is 48.5 Å². The summed E-state index contributed by atoms with van der Waals surface area (Å²) in [5.41, 5.74) is 9.19. The average Bonchev–Trinajstić information content (AvgIpc) is 2.71. The third-order valence-electron chi connectivity index (χ3n) is 5.04. The molecule has 0 saturated carbocycles. The number of benzene rings is 2. The summed E-state index contributed by atoms with van der Waals surface area (Å²) in [7, 11) is 1.75. The summed E-state index contributed by atoms with van der Waals surface area (Å²) in [6.45, 7) is 0. The largest absolute Gasteiger partial charge is 0.480 e. The van der Waals surface area contributed by atoms with E-state index in [0.29, 0.717) is 11.1 Å². The quantitative estimate of drug-likeness (QED) is 0.573. The molecule has 3 N–H and O–H groups in total. The van der Waals surface area contributed by atoms with Crippen LogP contribution in [0.3, 0.4) is 0 Å². The van der Waals surface area contributed by atoms with Crippen LogP contribution in [0.5, 0.6) is 0 Å². The van der Waals surface area contributed by atoms with Crippen LogP contribution < -0.4 is 11.3 Å². The van der Waals surface area contributed by atoms with Gasteiger partial charge in [-0.25, -0.2) is 0 Å². The number of hydrogen-bond donors (Lipinski definition) is 2. The lowest BCUT2D eigenvalue weighted by molar-refractivity contribution is -0.138. The number of fused-ring (bicyclic) bond motifs is 2. The SMILES string of the molecule is Cn1c(=O)c(-c2ccc(CC(N)C(=O)O)c3cccnc23)cc2ccccc21. The van der Waals surface area contributed by atoms with Gasteiger partial charge in [-0.3, -0.25) is 14.6 Å². The van der Waals surface area contributed by atoms with Crippen LogP contribution in [0.1, 0.15) is 5.56 Å². The second-order valence-corrected chi connectivity index (χ2v) is 6.80. The van der Waals surface area contributed by atoms with Gasteiger partial charge in [-0.2, -0.15) is 0 Å². The van der Waals surface area contributed by atoms with Crippen molar-refractivity contribution in [1.29, 1.82) is 0 Å². The highest BCUT2D eigenvalue weighted by Gasteiger charge is 2.17. The first kappa shape index (κ1) is 17.9. The van der Waals surface area contributed by atoms with Crippen LogP contribution in [0.4, 0.5) is 0 Å². The normalized spacial score (nSPS) is 12.4. The predicted molar refractivity (Wildman–Crippen MR) is 109 cm³/mol. The van der Waals surface area contributed by atoms with E-state index < -0.39 is 12.0 Å². The molecule has 0 spiro atoms. The number of aryl methyl sites for hydroxylation is 1. The van der Waals surface area contributed by atoms with E-state index in [1.165, 1.54) is 0 Å². The predicted octanol–water partition coefficient (Wildman–Crippen LogP) is 2.71. The van der Waals surface area contributed by atoms with E-state index in [4.69, 9.17) is 10.8 Å². The Morgan fingerprint density at radius 3 is 2.71 bits per heavy atom. The highest BCUT2D eigenvalue weighted by atomic mass is 16.4. The molecular weight excluding hydrogens is 354 g/mol. The lowest BCUT2D eigenvalue weighted by Crippen LogP contribution is -2.32. The number of para-hydroxylation sites is 1. The molecule has 2 heterocycles. The molecule has 2 aromatic heterocycles. The second-order valence-electron chi connectivity index (χ2n) is 6.80. The molecular formula is C22H19N3O3. The van der Waals surface area contributed by atoms with Crippen molar-refractivity contribution in [2.75, 3.05) is 0 Å². The Morgan fingerprint density at radius 1 is 1.14 bits per heavy atom. The van der Waals surface area contributed by atoms with E-state index >= 15 is 0 Å². The van der Waals surface area contributed by atoms with E-state index in [9.17, 15) is 9.59 Å². The first-order chi connectivity index (χ1) is 13.5. The Hall–Kier alpha value is -3.51. The zero-order chi connectivity index (χ0) is 19.8. The first-order valence-corrected chi connectivity index (χ1v) is 8.91. The summed E-state index contributed by atoms with van der Waals surface area (Å²) in [5, 5.41) is 10.9. The van der Waals surface area contributed by atoms with Gasteiger partial charge in [-0.15, -0.1) is 0 Å². The number of carboxylic acid groups (broad SMARTS) is 1. The summed E-state index contributed by atoms with van der Waals surface area (Å²) in [5.74, 6) is -1.05. The maximum atomic E-state index is 13.0. The number of carbonyl (C=O) groups is 1. The van der Waals surface area contributed by atoms with Crippen molar-refractivity contribution in [2.45, 2.75) is 12.5 Å². The molecule has 140 valence electrons. The maximum Gasteiger partial charge on any atom is 0.320 e. The van der Waals surface area contributed by atoms with Crippen molar-refractivity contribution in [3.63, 3.8) is 0 Å². The summed E-state index contributed by atoms with van der Waals surface area (Å²) < 4.78 is 1.63. The monoisotopic (exact) mass is 373 g/mol. The number of carboxylic acids is 1. The number of aromatic nitrogens is 2. The minimum absolute atomic E-state index is 0.111. The summed E-state index contributed by atoms with van der Waals surface area (Å²) >= 11 is 0. The molecule has 0 aliphatic rings. The number of pyridine rings is 2. The Morgan fingerprint density at radius 2 is 1.93 bits per heavy atom. The van der Waals surface area contributed by atoms with E-state index in [0.717, 1.165) is 27.4 Å². The fraction of sp³-hybridized carbons (Fsp3) is 0.136. The first-order valence-electron chi connectivity index (χ1n) is 8.91. The van der Waals surface area contributed by atoms with Gasteiger partial charge in [0.05, 0.1) is 11.0 Å². The molecule has 0 radical (unpaired) electrons. The Labute approximate surface area is 160 Å². The molecule has 0 fully saturated rings. The van der Waals surface area contributed by atoms with Gasteiger partial charge in [0.15, 0.2) is 0 Å². The van der Waals surface area contributed by atoms with E-state index in [2.05, 4.69) is 4.98 Å². The van der Waals surface area contributed by atoms with Crippen molar-refractivity contribution >= 4 is 27.8 Å². The van der Waals surface area contributed by atoms with Crippen LogP contribution >= 0.6 is 0 Å². The fourth-order valence-electron chi connectivity index (χ4n) is 3.57. The van der Waals surface area contributed by atoms with Gasteiger partial charge >= 0.3 is 5.97 Å². The number of nitrogens with two attached hydrogens (primary N) is 1. The molecule has 4 aromatic rings. The summed E-state index contributed by atoms with van der Waals surface area (Å²) in [6.07, 6.45) is 1.85. The molecule has 0 aliphatic carbocycles. The number of aliphatic carboxylic acids is 1. The lowest BCUT2D eigenvalue weighted by atomic mass is 9.95. The van der Waals surface area contributed by atoms with Crippen LogP contribution in [0.25, 0.3) is 32.9 Å². The van der Waals surface area contributed by atoms with Gasteiger partial charge in [-0.05, 0) is 35.6 Å². The topological polar surface area (TPSA) is 98.2 Å². The Kier molecular flexibility index (Phi) is 4.41. The average molecular weight is 373 g/mol. The van der Waals surface area contributed by atoms with E-state index in [-0.39, 0.29) is 12.0 Å². The van der Waals surface area contributed by atoms with Crippen LogP contribution in [0.15, 0.2) is 65.6 Å². The van der Waals surface area contributed by atoms with Crippen molar-refractivity contribution in [3.05, 3.63) is 76.7 Å². The molecule has 6 nitrogen and oxygen atoms in total. The molecule has 6 heteroatoms. The molecule has 0 amide bonds.